The van der Waals surface area contributed by atoms with Gasteiger partial charge in [-0.1, -0.05) is 25.7 Å². The molecule has 4 heteroatoms. The fourth-order valence-corrected chi connectivity index (χ4v) is 1.05. The topological polar surface area (TPSA) is 52.6 Å². The molecule has 0 fully saturated rings. The summed E-state index contributed by atoms with van der Waals surface area (Å²) in [6.07, 6.45) is 9.88. The van der Waals surface area contributed by atoms with E-state index in [1.54, 1.807) is 13.8 Å². The van der Waals surface area contributed by atoms with Gasteiger partial charge in [-0.15, -0.1) is 12.8 Å². The van der Waals surface area contributed by atoms with Gasteiger partial charge in [0.15, 0.2) is 19.1 Å². The monoisotopic (exact) mass is 222 g/mol. The number of ether oxygens (including phenoxy) is 2. The predicted molar refractivity (Wildman–Crippen MR) is 57.9 cm³/mol. The molecule has 0 aromatic carbocycles. The maximum atomic E-state index is 11.5. The number of rotatable bonds is 5. The van der Waals surface area contributed by atoms with Crippen LogP contribution in [-0.4, -0.2) is 25.2 Å². The lowest BCUT2D eigenvalue weighted by Crippen LogP contribution is -2.32. The molecule has 0 N–H and O–H groups in total. The Morgan fingerprint density at radius 3 is 1.69 bits per heavy atom. The molecule has 0 spiro atoms. The Balaban J connectivity index is 4.50. The molecule has 0 radical (unpaired) electrons. The van der Waals surface area contributed by atoms with Crippen LogP contribution in [-0.2, 0) is 19.1 Å². The Morgan fingerprint density at radius 1 is 1.06 bits per heavy atom. The fourth-order valence-electron chi connectivity index (χ4n) is 1.05. The van der Waals surface area contributed by atoms with Crippen molar-refractivity contribution in [1.82, 2.24) is 0 Å². The lowest BCUT2D eigenvalue weighted by molar-refractivity contribution is -0.162. The van der Waals surface area contributed by atoms with Crippen LogP contribution in [0.15, 0.2) is 0 Å². The number of carbonyl (C=O) groups excluding carboxylic acids is 2. The summed E-state index contributed by atoms with van der Waals surface area (Å²) in [6.45, 7) is 3.09. The van der Waals surface area contributed by atoms with Crippen LogP contribution in [0, 0.1) is 36.5 Å². The Labute approximate surface area is 95.3 Å². The molecule has 0 bridgehead atoms. The summed E-state index contributed by atoms with van der Waals surface area (Å²) in [5, 5.41) is 0. The summed E-state index contributed by atoms with van der Waals surface area (Å²) in [7, 11) is 0. The van der Waals surface area contributed by atoms with Gasteiger partial charge in [-0.2, -0.15) is 0 Å². The van der Waals surface area contributed by atoms with Crippen LogP contribution >= 0.6 is 0 Å². The maximum Gasteiger partial charge on any atom is 0.321 e. The Hall–Kier alpha value is -1.94. The highest BCUT2D eigenvalue weighted by Crippen LogP contribution is 2.14. The standard InChI is InChI=1S/C12H14O4/c1-5-7-15-11(13)10(9(3)4)12(14)16-8-6-2/h1-2,9-10H,7-8H2,3-4H3. The van der Waals surface area contributed by atoms with E-state index in [1.165, 1.54) is 0 Å². The van der Waals surface area contributed by atoms with E-state index in [-0.39, 0.29) is 19.1 Å². The molecule has 0 aliphatic rings. The predicted octanol–water partition coefficient (Wildman–Crippen LogP) is 0.611. The quantitative estimate of drug-likeness (QED) is 0.388. The average molecular weight is 222 g/mol. The Kier molecular flexibility index (Phi) is 6.47. The first-order valence-electron chi connectivity index (χ1n) is 4.74. The number of carbonyl (C=O) groups is 2. The largest absolute Gasteiger partial charge is 0.452 e. The third-order valence-electron chi connectivity index (χ3n) is 1.77. The molecule has 0 aromatic heterocycles. The second kappa shape index (κ2) is 7.36. The van der Waals surface area contributed by atoms with E-state index in [1.807, 2.05) is 0 Å². The van der Waals surface area contributed by atoms with Crippen LogP contribution in [0.5, 0.6) is 0 Å². The second-order valence-electron chi connectivity index (χ2n) is 3.35. The van der Waals surface area contributed by atoms with E-state index in [9.17, 15) is 9.59 Å². The van der Waals surface area contributed by atoms with Crippen molar-refractivity contribution in [3.05, 3.63) is 0 Å². The highest BCUT2D eigenvalue weighted by molar-refractivity contribution is 5.95. The summed E-state index contributed by atoms with van der Waals surface area (Å²) in [4.78, 5) is 23.0. The number of esters is 2. The molecule has 0 heterocycles. The van der Waals surface area contributed by atoms with E-state index in [2.05, 4.69) is 21.3 Å². The minimum Gasteiger partial charge on any atom is -0.452 e. The minimum absolute atomic E-state index is 0.162. The third kappa shape index (κ3) is 4.52. The molecule has 0 saturated carbocycles. The molecule has 0 aromatic rings. The van der Waals surface area contributed by atoms with E-state index >= 15 is 0 Å². The zero-order chi connectivity index (χ0) is 12.6. The average Bonchev–Trinajstić information content (AvgIpc) is 2.23. The molecule has 0 rings (SSSR count). The molecule has 0 unspecified atom stereocenters. The molecule has 0 saturated heterocycles. The minimum atomic E-state index is -0.985. The third-order valence-corrected chi connectivity index (χ3v) is 1.77. The summed E-state index contributed by atoms with van der Waals surface area (Å²) in [6, 6.07) is 0. The van der Waals surface area contributed by atoms with Crippen LogP contribution in [0.1, 0.15) is 13.8 Å². The van der Waals surface area contributed by atoms with Gasteiger partial charge < -0.3 is 9.47 Å². The molecule has 86 valence electrons. The van der Waals surface area contributed by atoms with Gasteiger partial charge >= 0.3 is 11.9 Å². The van der Waals surface area contributed by atoms with Crippen molar-refractivity contribution in [2.75, 3.05) is 13.2 Å². The molecule has 0 atom stereocenters. The van der Waals surface area contributed by atoms with Crippen LogP contribution in [0.4, 0.5) is 0 Å². The van der Waals surface area contributed by atoms with E-state index in [0.29, 0.717) is 0 Å². The van der Waals surface area contributed by atoms with Gasteiger partial charge in [0.05, 0.1) is 0 Å². The van der Waals surface area contributed by atoms with Gasteiger partial charge in [-0.05, 0) is 5.92 Å². The smallest absolute Gasteiger partial charge is 0.321 e. The number of hydrogen-bond acceptors (Lipinski definition) is 4. The first kappa shape index (κ1) is 14.1. The first-order valence-corrected chi connectivity index (χ1v) is 4.74. The van der Waals surface area contributed by atoms with E-state index in [0.717, 1.165) is 0 Å². The van der Waals surface area contributed by atoms with E-state index in [4.69, 9.17) is 12.8 Å². The maximum absolute atomic E-state index is 11.5. The van der Waals surface area contributed by atoms with Crippen molar-refractivity contribution in [1.29, 1.82) is 0 Å². The molecule has 4 nitrogen and oxygen atoms in total. The second-order valence-corrected chi connectivity index (χ2v) is 3.35. The summed E-state index contributed by atoms with van der Waals surface area (Å²) in [5.74, 6) is 1.70. The van der Waals surface area contributed by atoms with Crippen molar-refractivity contribution in [2.45, 2.75) is 13.8 Å². The molecule has 16 heavy (non-hydrogen) atoms. The molecule has 0 aliphatic carbocycles. The number of hydrogen-bond donors (Lipinski definition) is 0. The highest BCUT2D eigenvalue weighted by Gasteiger charge is 2.32. The van der Waals surface area contributed by atoms with Gasteiger partial charge in [0.2, 0.25) is 0 Å². The van der Waals surface area contributed by atoms with Crippen molar-refractivity contribution < 1.29 is 19.1 Å². The van der Waals surface area contributed by atoms with Gasteiger partial charge in [-0.25, -0.2) is 0 Å². The lowest BCUT2D eigenvalue weighted by atomic mass is 9.96. The molecular weight excluding hydrogens is 208 g/mol. The summed E-state index contributed by atoms with van der Waals surface area (Å²) < 4.78 is 9.38. The van der Waals surface area contributed by atoms with Crippen LogP contribution in [0.2, 0.25) is 0 Å². The molecular formula is C12H14O4. The van der Waals surface area contributed by atoms with Crippen LogP contribution < -0.4 is 0 Å². The molecule has 0 aliphatic heterocycles. The summed E-state index contributed by atoms with van der Waals surface area (Å²) >= 11 is 0. The normalized spacial score (nSPS) is 9.38. The highest BCUT2D eigenvalue weighted by atomic mass is 16.6. The van der Waals surface area contributed by atoms with Gasteiger partial charge in [-0.3, -0.25) is 9.59 Å². The van der Waals surface area contributed by atoms with Gasteiger partial charge in [0.25, 0.3) is 0 Å². The van der Waals surface area contributed by atoms with E-state index < -0.39 is 17.9 Å². The summed E-state index contributed by atoms with van der Waals surface area (Å²) in [5.41, 5.74) is 0. The zero-order valence-electron chi connectivity index (χ0n) is 9.36. The Morgan fingerprint density at radius 2 is 1.44 bits per heavy atom. The van der Waals surface area contributed by atoms with Crippen molar-refractivity contribution in [3.63, 3.8) is 0 Å². The van der Waals surface area contributed by atoms with Crippen molar-refractivity contribution in [3.8, 4) is 24.7 Å². The first-order chi connectivity index (χ1) is 7.54. The van der Waals surface area contributed by atoms with Crippen LogP contribution in [0.3, 0.4) is 0 Å². The number of terminal acetylenes is 2. The fraction of sp³-hybridized carbons (Fsp3) is 0.500. The lowest BCUT2D eigenvalue weighted by Gasteiger charge is -2.16. The van der Waals surface area contributed by atoms with Gasteiger partial charge in [0.1, 0.15) is 0 Å². The molecule has 0 amide bonds. The SMILES string of the molecule is C#CCOC(=O)C(C(=O)OCC#C)C(C)C. The Bertz CT molecular complexity index is 300. The van der Waals surface area contributed by atoms with Gasteiger partial charge in [0, 0.05) is 0 Å². The van der Waals surface area contributed by atoms with Crippen molar-refractivity contribution >= 4 is 11.9 Å². The van der Waals surface area contributed by atoms with Crippen molar-refractivity contribution in [2.24, 2.45) is 11.8 Å². The zero-order valence-corrected chi connectivity index (χ0v) is 9.36. The van der Waals surface area contributed by atoms with Crippen LogP contribution in [0.25, 0.3) is 0 Å².